The van der Waals surface area contributed by atoms with Gasteiger partial charge in [-0.15, -0.1) is 0 Å². The first-order valence-electron chi connectivity index (χ1n) is 14.1. The van der Waals surface area contributed by atoms with Crippen LogP contribution in [-0.4, -0.2) is 15.0 Å². The van der Waals surface area contributed by atoms with Gasteiger partial charge in [-0.05, 0) is 43.0 Å². The third kappa shape index (κ3) is 5.61. The van der Waals surface area contributed by atoms with E-state index in [0.717, 1.165) is 51.2 Å². The molecule has 0 radical (unpaired) electrons. The number of anilines is 2. The zero-order valence-electron chi connectivity index (χ0n) is 23.9. The first-order chi connectivity index (χ1) is 20.6. The van der Waals surface area contributed by atoms with E-state index in [-0.39, 0.29) is 0 Å². The number of benzene rings is 4. The minimum Gasteiger partial charge on any atom is -0.278 e. The normalized spacial score (nSPS) is 15.2. The van der Waals surface area contributed by atoms with Crippen LogP contribution >= 0.6 is 0 Å². The average Bonchev–Trinajstić information content (AvgIpc) is 3.13. The van der Waals surface area contributed by atoms with Crippen molar-refractivity contribution in [3.05, 3.63) is 162 Å². The maximum Gasteiger partial charge on any atom is 0.238 e. The first kappa shape index (κ1) is 26.9. The smallest absolute Gasteiger partial charge is 0.238 e. The van der Waals surface area contributed by atoms with Crippen LogP contribution in [0.15, 0.2) is 140 Å². The van der Waals surface area contributed by atoms with E-state index in [9.17, 15) is 0 Å². The Labute approximate surface area is 247 Å². The van der Waals surface area contributed by atoms with E-state index in [1.807, 2.05) is 78.9 Å². The quantitative estimate of drug-likeness (QED) is 0.214. The van der Waals surface area contributed by atoms with Crippen molar-refractivity contribution >= 4 is 23.4 Å². The highest BCUT2D eigenvalue weighted by molar-refractivity contribution is 5.91. The summed E-state index contributed by atoms with van der Waals surface area (Å²) < 4.78 is 0. The van der Waals surface area contributed by atoms with Gasteiger partial charge in [-0.3, -0.25) is 4.90 Å². The van der Waals surface area contributed by atoms with Crippen molar-refractivity contribution in [2.45, 2.75) is 20.3 Å². The van der Waals surface area contributed by atoms with Crippen molar-refractivity contribution in [1.29, 1.82) is 0 Å². The highest BCUT2D eigenvalue weighted by atomic mass is 15.3. The van der Waals surface area contributed by atoms with E-state index in [2.05, 4.69) is 80.0 Å². The van der Waals surface area contributed by atoms with Crippen LogP contribution in [0.4, 0.5) is 11.6 Å². The molecule has 1 aliphatic carbocycles. The number of fused-ring (bicyclic) bond motifs is 1. The molecule has 1 aromatic heterocycles. The van der Waals surface area contributed by atoms with Gasteiger partial charge < -0.3 is 0 Å². The highest BCUT2D eigenvalue weighted by Gasteiger charge is 2.25. The summed E-state index contributed by atoms with van der Waals surface area (Å²) in [5, 5.41) is 0. The Bertz CT molecular complexity index is 1760. The summed E-state index contributed by atoms with van der Waals surface area (Å²) in [6, 6.07) is 34.8. The van der Waals surface area contributed by atoms with Crippen molar-refractivity contribution < 1.29 is 0 Å². The van der Waals surface area contributed by atoms with Crippen molar-refractivity contribution in [2.24, 2.45) is 0 Å². The molecule has 0 N–H and O–H groups in total. The van der Waals surface area contributed by atoms with Gasteiger partial charge in [0.05, 0.1) is 5.69 Å². The predicted octanol–water partition coefficient (Wildman–Crippen LogP) is 9.39. The molecule has 4 heteroatoms. The van der Waals surface area contributed by atoms with Gasteiger partial charge in [0.2, 0.25) is 5.95 Å². The third-order valence-corrected chi connectivity index (χ3v) is 7.31. The summed E-state index contributed by atoms with van der Waals surface area (Å²) in [5.74, 6) is 1.73. The SMILES string of the molecule is C=C(c1ccccc1)N(c1nc(-c2ccccc2)nc(-c2ccccc2)n1)c1c(C)ccc2c1/C=C(C)/C=C\C=C\C2. The first-order valence-corrected chi connectivity index (χ1v) is 14.1. The molecule has 0 unspecified atom stereocenters. The summed E-state index contributed by atoms with van der Waals surface area (Å²) in [5.41, 5.74) is 9.24. The van der Waals surface area contributed by atoms with Crippen LogP contribution in [0.3, 0.4) is 0 Å². The van der Waals surface area contributed by atoms with Gasteiger partial charge in [0, 0.05) is 22.4 Å². The summed E-state index contributed by atoms with van der Waals surface area (Å²) in [6.45, 7) is 8.90. The molecule has 4 nitrogen and oxygen atoms in total. The largest absolute Gasteiger partial charge is 0.278 e. The molecule has 0 spiro atoms. The number of hydrogen-bond donors (Lipinski definition) is 0. The van der Waals surface area contributed by atoms with Gasteiger partial charge in [0.1, 0.15) is 0 Å². The summed E-state index contributed by atoms with van der Waals surface area (Å²) in [7, 11) is 0. The van der Waals surface area contributed by atoms with Gasteiger partial charge in [-0.25, -0.2) is 4.98 Å². The fourth-order valence-corrected chi connectivity index (χ4v) is 5.16. The van der Waals surface area contributed by atoms with Crippen LogP contribution in [-0.2, 0) is 6.42 Å². The summed E-state index contributed by atoms with van der Waals surface area (Å²) in [4.78, 5) is 17.3. The Morgan fingerprint density at radius 1 is 0.690 bits per heavy atom. The van der Waals surface area contributed by atoms with Gasteiger partial charge in [0.15, 0.2) is 11.6 Å². The second-order valence-electron chi connectivity index (χ2n) is 10.3. The second-order valence-corrected chi connectivity index (χ2v) is 10.3. The third-order valence-electron chi connectivity index (χ3n) is 7.31. The topological polar surface area (TPSA) is 41.9 Å². The van der Waals surface area contributed by atoms with Crippen molar-refractivity contribution in [2.75, 3.05) is 4.90 Å². The van der Waals surface area contributed by atoms with E-state index in [4.69, 9.17) is 15.0 Å². The van der Waals surface area contributed by atoms with E-state index >= 15 is 0 Å². The number of hydrogen-bond acceptors (Lipinski definition) is 4. The molecular formula is C38H32N4. The molecule has 6 rings (SSSR count). The number of rotatable bonds is 6. The zero-order chi connectivity index (χ0) is 28.9. The van der Waals surface area contributed by atoms with Crippen molar-refractivity contribution in [3.63, 3.8) is 0 Å². The molecule has 0 aliphatic heterocycles. The van der Waals surface area contributed by atoms with E-state index in [0.29, 0.717) is 17.6 Å². The minimum absolute atomic E-state index is 0.519. The van der Waals surface area contributed by atoms with Crippen LogP contribution < -0.4 is 4.90 Å². The van der Waals surface area contributed by atoms with E-state index in [1.165, 1.54) is 5.56 Å². The Kier molecular flexibility index (Phi) is 7.69. The van der Waals surface area contributed by atoms with Crippen LogP contribution in [0.1, 0.15) is 29.2 Å². The molecule has 4 aromatic carbocycles. The van der Waals surface area contributed by atoms with Crippen molar-refractivity contribution in [3.8, 4) is 22.8 Å². The molecule has 1 aliphatic rings. The fourth-order valence-electron chi connectivity index (χ4n) is 5.16. The Balaban J connectivity index is 1.66. The Morgan fingerprint density at radius 3 is 1.90 bits per heavy atom. The molecule has 204 valence electrons. The maximum atomic E-state index is 5.12. The summed E-state index contributed by atoms with van der Waals surface area (Å²) in [6.07, 6.45) is 11.6. The lowest BCUT2D eigenvalue weighted by molar-refractivity contribution is 1.02. The van der Waals surface area contributed by atoms with E-state index in [1.54, 1.807) is 0 Å². The molecule has 0 saturated carbocycles. The van der Waals surface area contributed by atoms with Crippen molar-refractivity contribution in [1.82, 2.24) is 15.0 Å². The molecule has 1 heterocycles. The van der Waals surface area contributed by atoms with Crippen LogP contribution in [0, 0.1) is 6.92 Å². The fraction of sp³-hybridized carbons (Fsp3) is 0.0789. The standard InChI is InChI=1S/C38H32N4/c1-27-16-8-4-11-19-31-25-24-28(2)35(34(31)26-27)42(29(3)30-17-9-5-10-18-30)38-40-36(32-20-12-6-13-21-32)39-37(41-38)33-22-14-7-15-23-33/h4-18,20-26H,3,19H2,1-2H3/b11-4+,16-8-,27-26+. The molecule has 0 fully saturated rings. The van der Waals surface area contributed by atoms with Gasteiger partial charge in [-0.1, -0.05) is 140 Å². The maximum absolute atomic E-state index is 5.12. The lowest BCUT2D eigenvalue weighted by Gasteiger charge is -2.30. The average molecular weight is 545 g/mol. The Morgan fingerprint density at radius 2 is 1.29 bits per heavy atom. The molecular weight excluding hydrogens is 512 g/mol. The lowest BCUT2D eigenvalue weighted by atomic mass is 9.95. The highest BCUT2D eigenvalue weighted by Crippen LogP contribution is 2.40. The van der Waals surface area contributed by atoms with Crippen LogP contribution in [0.25, 0.3) is 34.5 Å². The molecule has 0 atom stereocenters. The summed E-state index contributed by atoms with van der Waals surface area (Å²) >= 11 is 0. The minimum atomic E-state index is 0.519. The molecule has 42 heavy (non-hydrogen) atoms. The predicted molar refractivity (Wildman–Crippen MR) is 175 cm³/mol. The van der Waals surface area contributed by atoms with Gasteiger partial charge in [-0.2, -0.15) is 9.97 Å². The number of aryl methyl sites for hydroxylation is 1. The monoisotopic (exact) mass is 544 g/mol. The second kappa shape index (κ2) is 12.0. The number of aromatic nitrogens is 3. The molecule has 0 saturated heterocycles. The van der Waals surface area contributed by atoms with E-state index < -0.39 is 0 Å². The lowest BCUT2D eigenvalue weighted by Crippen LogP contribution is -2.21. The Hall–Kier alpha value is -5.35. The molecule has 0 amide bonds. The molecule has 0 bridgehead atoms. The number of nitrogens with zero attached hydrogens (tertiary/aromatic N) is 4. The van der Waals surface area contributed by atoms with Gasteiger partial charge in [0.25, 0.3) is 0 Å². The van der Waals surface area contributed by atoms with Crippen LogP contribution in [0.5, 0.6) is 0 Å². The molecule has 5 aromatic rings. The number of allylic oxidation sites excluding steroid dienone is 5. The zero-order valence-corrected chi connectivity index (χ0v) is 23.9. The van der Waals surface area contributed by atoms with Crippen LogP contribution in [0.2, 0.25) is 0 Å². The van der Waals surface area contributed by atoms with Gasteiger partial charge >= 0.3 is 0 Å².